The second-order valence-corrected chi connectivity index (χ2v) is 3.89. The van der Waals surface area contributed by atoms with Crippen LogP contribution < -0.4 is 11.3 Å². The molecule has 0 aliphatic carbocycles. The predicted octanol–water partition coefficient (Wildman–Crippen LogP) is -0.698. The summed E-state index contributed by atoms with van der Waals surface area (Å²) in [4.78, 5) is 27.0. The molecule has 2 N–H and O–H groups in total. The van der Waals surface area contributed by atoms with Crippen molar-refractivity contribution in [2.24, 2.45) is 7.05 Å². The lowest BCUT2D eigenvalue weighted by Gasteiger charge is -2.07. The van der Waals surface area contributed by atoms with Crippen LogP contribution in [0.15, 0.2) is 29.5 Å². The molecule has 0 spiro atoms. The lowest BCUT2D eigenvalue weighted by Crippen LogP contribution is -2.24. The molecule has 8 nitrogen and oxygen atoms in total. The first-order valence-corrected chi connectivity index (χ1v) is 5.51. The van der Waals surface area contributed by atoms with E-state index in [0.29, 0.717) is 11.5 Å². The second-order valence-electron chi connectivity index (χ2n) is 3.89. The van der Waals surface area contributed by atoms with E-state index in [2.05, 4.69) is 10.1 Å². The van der Waals surface area contributed by atoms with E-state index >= 15 is 0 Å². The maximum atomic E-state index is 11.6. The number of carbonyl (C=O) groups is 1. The number of pyridine rings is 1. The van der Waals surface area contributed by atoms with E-state index < -0.39 is 5.97 Å². The van der Waals surface area contributed by atoms with Gasteiger partial charge in [0.2, 0.25) is 0 Å². The van der Waals surface area contributed by atoms with Crippen molar-refractivity contribution in [2.45, 2.75) is 13.2 Å². The Labute approximate surface area is 108 Å². The largest absolute Gasteiger partial charge is 0.456 e. The zero-order chi connectivity index (χ0) is 13.8. The Balaban J connectivity index is 1.96. The number of carbonyl (C=O) groups excluding carboxylic acids is 1. The summed E-state index contributed by atoms with van der Waals surface area (Å²) in [5, 5.41) is 3.85. The van der Waals surface area contributed by atoms with Gasteiger partial charge in [-0.3, -0.25) is 14.3 Å². The van der Waals surface area contributed by atoms with Gasteiger partial charge in [-0.1, -0.05) is 0 Å². The van der Waals surface area contributed by atoms with Crippen LogP contribution in [-0.4, -0.2) is 25.3 Å². The zero-order valence-corrected chi connectivity index (χ0v) is 10.3. The Morgan fingerprint density at radius 1 is 1.47 bits per heavy atom. The first-order valence-electron chi connectivity index (χ1n) is 5.51. The van der Waals surface area contributed by atoms with Gasteiger partial charge in [0.25, 0.3) is 5.56 Å². The number of aryl methyl sites for hydroxylation is 1. The average molecular weight is 263 g/mol. The van der Waals surface area contributed by atoms with Gasteiger partial charge in [-0.05, 0) is 6.07 Å². The van der Waals surface area contributed by atoms with Crippen molar-refractivity contribution in [3.63, 3.8) is 0 Å². The van der Waals surface area contributed by atoms with Crippen molar-refractivity contribution >= 4 is 11.7 Å². The third kappa shape index (κ3) is 3.18. The molecule has 19 heavy (non-hydrogen) atoms. The van der Waals surface area contributed by atoms with E-state index in [-0.39, 0.29) is 18.7 Å². The number of anilines is 1. The van der Waals surface area contributed by atoms with Crippen LogP contribution in [0.3, 0.4) is 0 Å². The van der Waals surface area contributed by atoms with Gasteiger partial charge in [0.05, 0.1) is 0 Å². The summed E-state index contributed by atoms with van der Waals surface area (Å²) in [6.45, 7) is -0.186. The molecule has 8 heteroatoms. The molecule has 0 amide bonds. The third-order valence-corrected chi connectivity index (χ3v) is 2.47. The minimum Gasteiger partial charge on any atom is -0.456 e. The van der Waals surface area contributed by atoms with Crippen molar-refractivity contribution in [3.05, 3.63) is 40.8 Å². The highest BCUT2D eigenvalue weighted by atomic mass is 16.5. The normalized spacial score (nSPS) is 10.4. The van der Waals surface area contributed by atoms with Crippen LogP contribution in [-0.2, 0) is 29.7 Å². The average Bonchev–Trinajstić information content (AvgIpc) is 2.77. The molecule has 0 aliphatic rings. The molecule has 0 fully saturated rings. The van der Waals surface area contributed by atoms with Crippen LogP contribution in [0.25, 0.3) is 0 Å². The number of nitrogen functional groups attached to an aromatic ring is 1. The van der Waals surface area contributed by atoms with E-state index in [1.165, 1.54) is 33.9 Å². The van der Waals surface area contributed by atoms with Crippen LogP contribution in [0.5, 0.6) is 0 Å². The first-order chi connectivity index (χ1) is 9.06. The van der Waals surface area contributed by atoms with Gasteiger partial charge in [-0.25, -0.2) is 4.98 Å². The molecule has 2 aromatic heterocycles. The minimum atomic E-state index is -0.546. The summed E-state index contributed by atoms with van der Waals surface area (Å²) in [7, 11) is 1.69. The lowest BCUT2D eigenvalue weighted by atomic mass is 10.4. The van der Waals surface area contributed by atoms with Crippen molar-refractivity contribution in [1.82, 2.24) is 19.3 Å². The van der Waals surface area contributed by atoms with Gasteiger partial charge in [0, 0.05) is 25.0 Å². The maximum absolute atomic E-state index is 11.6. The zero-order valence-electron chi connectivity index (χ0n) is 10.3. The smallest absolute Gasteiger partial charge is 0.326 e. The monoisotopic (exact) mass is 263 g/mol. The summed E-state index contributed by atoms with van der Waals surface area (Å²) in [6, 6.07) is 2.77. The quantitative estimate of drug-likeness (QED) is 0.731. The molecule has 0 unspecified atom stereocenters. The van der Waals surface area contributed by atoms with E-state index in [0.717, 1.165) is 0 Å². The fraction of sp³-hybridized carbons (Fsp3) is 0.273. The molecule has 0 bridgehead atoms. The van der Waals surface area contributed by atoms with Gasteiger partial charge < -0.3 is 15.0 Å². The van der Waals surface area contributed by atoms with Gasteiger partial charge in [0.15, 0.2) is 12.4 Å². The molecule has 2 aromatic rings. The van der Waals surface area contributed by atoms with Gasteiger partial charge in [0.1, 0.15) is 12.9 Å². The Kier molecular flexibility index (Phi) is 3.60. The Bertz CT molecular complexity index is 646. The molecule has 100 valence electrons. The SMILES string of the molecule is Cn1ncnc1COC(=O)Cn1cc(N)ccc1=O. The predicted molar refractivity (Wildman–Crippen MR) is 65.9 cm³/mol. The number of nitrogens with zero attached hydrogens (tertiary/aromatic N) is 4. The maximum Gasteiger partial charge on any atom is 0.326 e. The summed E-state index contributed by atoms with van der Waals surface area (Å²) in [5.74, 6) is -0.0241. The molecule has 0 saturated carbocycles. The Morgan fingerprint density at radius 3 is 2.95 bits per heavy atom. The van der Waals surface area contributed by atoms with Gasteiger partial charge in [-0.2, -0.15) is 5.10 Å². The second kappa shape index (κ2) is 5.34. The Hall–Kier alpha value is -2.64. The number of hydrogen-bond acceptors (Lipinski definition) is 6. The number of ether oxygens (including phenoxy) is 1. The highest BCUT2D eigenvalue weighted by Crippen LogP contribution is 1.98. The summed E-state index contributed by atoms with van der Waals surface area (Å²) < 4.78 is 7.69. The minimum absolute atomic E-state index is 0.00635. The molecule has 0 radical (unpaired) electrons. The van der Waals surface area contributed by atoms with Crippen LogP contribution >= 0.6 is 0 Å². The molecule has 0 atom stereocenters. The molecule has 0 aliphatic heterocycles. The standard InChI is InChI=1S/C11H13N5O3/c1-15-9(13-7-14-15)6-19-11(18)5-16-4-8(12)2-3-10(16)17/h2-4,7H,5-6,12H2,1H3. The van der Waals surface area contributed by atoms with Gasteiger partial charge >= 0.3 is 5.97 Å². The summed E-state index contributed by atoms with van der Waals surface area (Å²) in [5.41, 5.74) is 5.63. The van der Waals surface area contributed by atoms with Crippen molar-refractivity contribution in [1.29, 1.82) is 0 Å². The lowest BCUT2D eigenvalue weighted by molar-refractivity contribution is -0.146. The van der Waals surface area contributed by atoms with Crippen LogP contribution in [0.1, 0.15) is 5.82 Å². The van der Waals surface area contributed by atoms with E-state index in [4.69, 9.17) is 10.5 Å². The fourth-order valence-electron chi connectivity index (χ4n) is 1.45. The third-order valence-electron chi connectivity index (χ3n) is 2.47. The molecule has 0 aromatic carbocycles. The van der Waals surface area contributed by atoms with Crippen LogP contribution in [0, 0.1) is 0 Å². The highest BCUT2D eigenvalue weighted by molar-refractivity contribution is 5.69. The Morgan fingerprint density at radius 2 is 2.26 bits per heavy atom. The van der Waals surface area contributed by atoms with Crippen LogP contribution in [0.2, 0.25) is 0 Å². The van der Waals surface area contributed by atoms with Crippen molar-refractivity contribution in [2.75, 3.05) is 5.73 Å². The molecular weight excluding hydrogens is 250 g/mol. The number of esters is 1. The molecule has 2 heterocycles. The number of hydrogen-bond donors (Lipinski definition) is 1. The van der Waals surface area contributed by atoms with E-state index in [1.807, 2.05) is 0 Å². The summed E-state index contributed by atoms with van der Waals surface area (Å²) >= 11 is 0. The topological polar surface area (TPSA) is 105 Å². The number of rotatable bonds is 4. The van der Waals surface area contributed by atoms with Crippen LogP contribution in [0.4, 0.5) is 5.69 Å². The molecular formula is C11H13N5O3. The fourth-order valence-corrected chi connectivity index (χ4v) is 1.45. The molecule has 2 rings (SSSR count). The number of nitrogens with two attached hydrogens (primary N) is 1. The number of aromatic nitrogens is 4. The van der Waals surface area contributed by atoms with Crippen molar-refractivity contribution < 1.29 is 9.53 Å². The van der Waals surface area contributed by atoms with Crippen molar-refractivity contribution in [3.8, 4) is 0 Å². The van der Waals surface area contributed by atoms with E-state index in [1.54, 1.807) is 7.05 Å². The van der Waals surface area contributed by atoms with E-state index in [9.17, 15) is 9.59 Å². The van der Waals surface area contributed by atoms with Gasteiger partial charge in [-0.15, -0.1) is 0 Å². The molecule has 0 saturated heterocycles. The summed E-state index contributed by atoms with van der Waals surface area (Å²) in [6.07, 6.45) is 2.76. The highest BCUT2D eigenvalue weighted by Gasteiger charge is 2.08. The first kappa shape index (κ1) is 12.8.